The highest BCUT2D eigenvalue weighted by Crippen LogP contribution is 2.07. The Bertz CT molecular complexity index is 272. The second-order valence-corrected chi connectivity index (χ2v) is 4.59. The number of nitrogens with zero attached hydrogens (tertiary/aromatic N) is 1. The van der Waals surface area contributed by atoms with E-state index in [0.717, 1.165) is 44.7 Å². The quantitative estimate of drug-likeness (QED) is 0.770. The summed E-state index contributed by atoms with van der Waals surface area (Å²) in [4.78, 5) is 2.39. The number of hydrazine groups is 1. The third-order valence-electron chi connectivity index (χ3n) is 3.01. The Morgan fingerprint density at radius 2 is 1.70 bits per heavy atom. The standard InChI is InChI=1S/C15H27N3.C2H6/c1-3-4-5-6-10-15(2)18-13-8-7-11-16-17-12-9-14-18;1-2/h4-6,10,16-17H,2-3,7-9,11-14H2,1H3;1-2H3/b5-4?,10-6+;. The fraction of sp³-hybridized carbons (Fsp3) is 0.647. The summed E-state index contributed by atoms with van der Waals surface area (Å²) in [5.41, 5.74) is 7.60. The molecule has 0 aromatic heterocycles. The van der Waals surface area contributed by atoms with Crippen LogP contribution in [0.25, 0.3) is 0 Å². The molecule has 0 aromatic carbocycles. The average molecular weight is 279 g/mol. The molecule has 0 atom stereocenters. The van der Waals surface area contributed by atoms with Gasteiger partial charge in [-0.25, -0.2) is 0 Å². The van der Waals surface area contributed by atoms with Crippen molar-refractivity contribution < 1.29 is 0 Å². The van der Waals surface area contributed by atoms with Crippen LogP contribution in [0.15, 0.2) is 36.6 Å². The first-order chi connectivity index (χ1) is 9.84. The molecule has 1 heterocycles. The lowest BCUT2D eigenvalue weighted by atomic mass is 10.2. The summed E-state index contributed by atoms with van der Waals surface area (Å²) in [7, 11) is 0. The lowest BCUT2D eigenvalue weighted by Crippen LogP contribution is -2.37. The van der Waals surface area contributed by atoms with Crippen molar-refractivity contribution in [3.05, 3.63) is 36.6 Å². The van der Waals surface area contributed by atoms with Crippen molar-refractivity contribution >= 4 is 0 Å². The first-order valence-corrected chi connectivity index (χ1v) is 8.07. The summed E-state index contributed by atoms with van der Waals surface area (Å²) < 4.78 is 0. The first kappa shape index (κ1) is 18.9. The average Bonchev–Trinajstić information content (AvgIpc) is 2.51. The van der Waals surface area contributed by atoms with Crippen LogP contribution < -0.4 is 10.9 Å². The van der Waals surface area contributed by atoms with Crippen LogP contribution >= 0.6 is 0 Å². The van der Waals surface area contributed by atoms with Gasteiger partial charge in [-0.15, -0.1) is 0 Å². The third kappa shape index (κ3) is 9.82. The minimum Gasteiger partial charge on any atom is -0.372 e. The fourth-order valence-electron chi connectivity index (χ4n) is 1.94. The van der Waals surface area contributed by atoms with Gasteiger partial charge in [0.25, 0.3) is 0 Å². The van der Waals surface area contributed by atoms with Crippen LogP contribution in [0.1, 0.15) is 46.5 Å². The van der Waals surface area contributed by atoms with Gasteiger partial charge in [0.1, 0.15) is 0 Å². The Kier molecular flexibility index (Phi) is 13.6. The summed E-state index contributed by atoms with van der Waals surface area (Å²) in [5.74, 6) is 0. The molecule has 0 aliphatic carbocycles. The zero-order valence-corrected chi connectivity index (χ0v) is 13.6. The molecule has 1 aliphatic rings. The van der Waals surface area contributed by atoms with Gasteiger partial charge in [0.2, 0.25) is 0 Å². The Balaban J connectivity index is 0.00000172. The van der Waals surface area contributed by atoms with Crippen LogP contribution in [0.3, 0.4) is 0 Å². The van der Waals surface area contributed by atoms with Crippen molar-refractivity contribution in [2.45, 2.75) is 46.5 Å². The molecule has 1 aliphatic heterocycles. The third-order valence-corrected chi connectivity index (χ3v) is 3.01. The predicted molar refractivity (Wildman–Crippen MR) is 90.5 cm³/mol. The van der Waals surface area contributed by atoms with Gasteiger partial charge < -0.3 is 4.90 Å². The maximum atomic E-state index is 4.17. The van der Waals surface area contributed by atoms with Gasteiger partial charge in [-0.3, -0.25) is 10.9 Å². The van der Waals surface area contributed by atoms with Crippen molar-refractivity contribution in [3.63, 3.8) is 0 Å². The summed E-state index contributed by atoms with van der Waals surface area (Å²) in [6.45, 7) is 14.6. The molecule has 0 bridgehead atoms. The van der Waals surface area contributed by atoms with Crippen LogP contribution in [-0.4, -0.2) is 31.1 Å². The van der Waals surface area contributed by atoms with Gasteiger partial charge >= 0.3 is 0 Å². The largest absolute Gasteiger partial charge is 0.372 e. The van der Waals surface area contributed by atoms with E-state index >= 15 is 0 Å². The topological polar surface area (TPSA) is 27.3 Å². The molecule has 0 radical (unpaired) electrons. The van der Waals surface area contributed by atoms with Gasteiger partial charge in [0.15, 0.2) is 0 Å². The van der Waals surface area contributed by atoms with Gasteiger partial charge in [-0.1, -0.05) is 45.6 Å². The van der Waals surface area contributed by atoms with Crippen LogP contribution in [0, 0.1) is 0 Å². The van der Waals surface area contributed by atoms with E-state index in [1.165, 1.54) is 12.8 Å². The normalized spacial score (nSPS) is 17.9. The molecular formula is C17H33N3. The molecule has 2 N–H and O–H groups in total. The Hall–Kier alpha value is -1.06. The summed E-state index contributed by atoms with van der Waals surface area (Å²) in [6, 6.07) is 0. The van der Waals surface area contributed by atoms with E-state index in [1.54, 1.807) is 0 Å². The van der Waals surface area contributed by atoms with E-state index in [1.807, 2.05) is 13.8 Å². The molecule has 3 nitrogen and oxygen atoms in total. The fourth-order valence-corrected chi connectivity index (χ4v) is 1.94. The van der Waals surface area contributed by atoms with Crippen LogP contribution in [0.4, 0.5) is 0 Å². The van der Waals surface area contributed by atoms with E-state index in [4.69, 9.17) is 0 Å². The van der Waals surface area contributed by atoms with E-state index in [2.05, 4.69) is 53.6 Å². The zero-order chi connectivity index (χ0) is 15.1. The van der Waals surface area contributed by atoms with Gasteiger partial charge in [-0.2, -0.15) is 0 Å². The molecule has 1 saturated heterocycles. The van der Waals surface area contributed by atoms with E-state index in [9.17, 15) is 0 Å². The molecule has 0 aromatic rings. The van der Waals surface area contributed by atoms with Crippen molar-refractivity contribution in [1.82, 2.24) is 15.8 Å². The number of hydrogen-bond acceptors (Lipinski definition) is 3. The highest BCUT2D eigenvalue weighted by Gasteiger charge is 2.06. The molecule has 1 fully saturated rings. The highest BCUT2D eigenvalue weighted by atomic mass is 15.3. The first-order valence-electron chi connectivity index (χ1n) is 8.07. The number of hydrogen-bond donors (Lipinski definition) is 2. The molecule has 0 spiro atoms. The maximum absolute atomic E-state index is 4.17. The molecule has 0 unspecified atom stereocenters. The Morgan fingerprint density at radius 3 is 2.40 bits per heavy atom. The van der Waals surface area contributed by atoms with Gasteiger partial charge in [-0.05, 0) is 31.8 Å². The van der Waals surface area contributed by atoms with Gasteiger partial charge in [0, 0.05) is 31.9 Å². The molecule has 116 valence electrons. The Labute approximate surface area is 125 Å². The summed E-state index contributed by atoms with van der Waals surface area (Å²) in [6.07, 6.45) is 13.1. The number of rotatable bonds is 4. The lowest BCUT2D eigenvalue weighted by Gasteiger charge is -2.26. The predicted octanol–water partition coefficient (Wildman–Crippen LogP) is 3.63. The lowest BCUT2D eigenvalue weighted by molar-refractivity contribution is 0.320. The summed E-state index contributed by atoms with van der Waals surface area (Å²) >= 11 is 0. The molecule has 0 saturated carbocycles. The Morgan fingerprint density at radius 1 is 1.05 bits per heavy atom. The summed E-state index contributed by atoms with van der Waals surface area (Å²) in [5, 5.41) is 0. The molecule has 3 heteroatoms. The molecule has 20 heavy (non-hydrogen) atoms. The minimum absolute atomic E-state index is 1.02. The molecule has 0 amide bonds. The minimum atomic E-state index is 1.02. The van der Waals surface area contributed by atoms with Crippen LogP contribution in [0.5, 0.6) is 0 Å². The van der Waals surface area contributed by atoms with E-state index in [0.29, 0.717) is 0 Å². The number of allylic oxidation sites excluding steroid dienone is 4. The number of nitrogens with one attached hydrogen (secondary N) is 2. The second kappa shape index (κ2) is 14.4. The maximum Gasteiger partial charge on any atom is 0.0293 e. The zero-order valence-electron chi connectivity index (χ0n) is 13.6. The highest BCUT2D eigenvalue weighted by molar-refractivity contribution is 5.18. The second-order valence-electron chi connectivity index (χ2n) is 4.59. The van der Waals surface area contributed by atoms with Crippen molar-refractivity contribution in [2.75, 3.05) is 26.2 Å². The molecular weight excluding hydrogens is 246 g/mol. The molecule has 1 rings (SSSR count). The van der Waals surface area contributed by atoms with E-state index < -0.39 is 0 Å². The van der Waals surface area contributed by atoms with Gasteiger partial charge in [0.05, 0.1) is 0 Å². The van der Waals surface area contributed by atoms with Crippen LogP contribution in [0.2, 0.25) is 0 Å². The smallest absolute Gasteiger partial charge is 0.0293 e. The monoisotopic (exact) mass is 279 g/mol. The van der Waals surface area contributed by atoms with Crippen molar-refractivity contribution in [3.8, 4) is 0 Å². The van der Waals surface area contributed by atoms with Crippen molar-refractivity contribution in [2.24, 2.45) is 0 Å². The van der Waals surface area contributed by atoms with Crippen LogP contribution in [-0.2, 0) is 0 Å². The van der Waals surface area contributed by atoms with E-state index in [-0.39, 0.29) is 0 Å². The SMILES string of the molecule is C=C(/C=C/C=CCC)N1CCCCNNCCC1.CC. The van der Waals surface area contributed by atoms with Crippen molar-refractivity contribution in [1.29, 1.82) is 0 Å².